The first-order chi connectivity index (χ1) is 4.98. The second-order valence-electron chi connectivity index (χ2n) is 2.16. The predicted octanol–water partition coefficient (Wildman–Crippen LogP) is -0.0166. The normalized spacial score (nSPS) is 45.5. The Morgan fingerprint density at radius 1 is 1.27 bits per heavy atom. The molecule has 3 aliphatic heterocycles. The van der Waals surface area contributed by atoms with Crippen molar-refractivity contribution in [2.75, 3.05) is 0 Å². The molecule has 0 atom stereocenters. The van der Waals surface area contributed by atoms with Crippen LogP contribution in [0.15, 0.2) is 0 Å². The molecule has 6 nitrogen and oxygen atoms in total. The Kier molecular flexibility index (Phi) is 1.04. The minimum absolute atomic E-state index is 0.754. The summed E-state index contributed by atoms with van der Waals surface area (Å²) in [5.74, 6) is -3.66. The van der Waals surface area contributed by atoms with E-state index < -0.39 is 25.4 Å². The van der Waals surface area contributed by atoms with Gasteiger partial charge in [0.05, 0.1) is 0 Å². The van der Waals surface area contributed by atoms with Crippen molar-refractivity contribution in [3.8, 4) is 0 Å². The Labute approximate surface area is 61.0 Å². The lowest BCUT2D eigenvalue weighted by Crippen LogP contribution is -2.64. The molecule has 3 fully saturated rings. The molecule has 0 N–H and O–H groups in total. The predicted molar refractivity (Wildman–Crippen MR) is 29.3 cm³/mol. The van der Waals surface area contributed by atoms with E-state index in [1.807, 2.05) is 0 Å². The molecule has 0 unspecified atom stereocenters. The molecule has 3 rings (SSSR count). The highest BCUT2D eigenvalue weighted by atomic mass is 31.2. The summed E-state index contributed by atoms with van der Waals surface area (Å²) in [7, 11) is -3.35. The van der Waals surface area contributed by atoms with E-state index in [0.717, 1.165) is 6.92 Å². The first-order valence-electron chi connectivity index (χ1n) is 2.75. The quantitative estimate of drug-likeness (QED) is 0.436. The first kappa shape index (κ1) is 7.12. The molecule has 0 amide bonds. The van der Waals surface area contributed by atoms with Crippen molar-refractivity contribution in [1.82, 2.24) is 0 Å². The lowest BCUT2D eigenvalue weighted by atomic mass is 10.2. The SMILES string of the molecule is CC(=O)C(=O)C12OP(=O)(O1)O2. The number of carbonyl (C=O) groups is 2. The third-order valence-corrected chi connectivity index (χ3v) is 2.69. The lowest BCUT2D eigenvalue weighted by Gasteiger charge is -2.52. The zero-order valence-electron chi connectivity index (χ0n) is 5.40. The van der Waals surface area contributed by atoms with Gasteiger partial charge in [-0.15, -0.1) is 0 Å². The highest BCUT2D eigenvalue weighted by Gasteiger charge is 2.79. The van der Waals surface area contributed by atoms with Crippen molar-refractivity contribution >= 4 is 19.4 Å². The summed E-state index contributed by atoms with van der Waals surface area (Å²) in [6.45, 7) is 1.05. The van der Waals surface area contributed by atoms with Crippen LogP contribution >= 0.6 is 7.82 Å². The highest BCUT2D eigenvalue weighted by molar-refractivity contribution is 7.52. The second-order valence-corrected chi connectivity index (χ2v) is 3.60. The third-order valence-electron chi connectivity index (χ3n) is 1.29. The summed E-state index contributed by atoms with van der Waals surface area (Å²) in [5, 5.41) is 0. The van der Waals surface area contributed by atoms with E-state index in [9.17, 15) is 14.2 Å². The monoisotopic (exact) mass is 178 g/mol. The molecule has 0 radical (unpaired) electrons. The Morgan fingerprint density at radius 2 is 1.73 bits per heavy atom. The first-order valence-corrected chi connectivity index (χ1v) is 4.21. The van der Waals surface area contributed by atoms with Gasteiger partial charge in [-0.25, -0.2) is 18.1 Å². The van der Waals surface area contributed by atoms with E-state index in [1.54, 1.807) is 0 Å². The molecule has 0 aromatic rings. The van der Waals surface area contributed by atoms with Crippen LogP contribution in [-0.2, 0) is 27.7 Å². The van der Waals surface area contributed by atoms with Crippen LogP contribution in [0.25, 0.3) is 0 Å². The molecular formula is C4H3O6P. The molecule has 0 aromatic heterocycles. The summed E-state index contributed by atoms with van der Waals surface area (Å²) in [6.07, 6.45) is 0. The minimum Gasteiger partial charge on any atom is -0.291 e. The van der Waals surface area contributed by atoms with Crippen LogP contribution in [0.2, 0.25) is 0 Å². The Balaban J connectivity index is 2.16. The van der Waals surface area contributed by atoms with Gasteiger partial charge in [0.1, 0.15) is 0 Å². The maximum absolute atomic E-state index is 10.8. The minimum atomic E-state index is -3.35. The van der Waals surface area contributed by atoms with Crippen LogP contribution in [-0.4, -0.2) is 17.5 Å². The molecule has 2 bridgehead atoms. The maximum atomic E-state index is 10.8. The number of carbonyl (C=O) groups excluding carboxylic acids is 2. The fourth-order valence-corrected chi connectivity index (χ4v) is 1.97. The number of phosphoric ester groups is 1. The number of Topliss-reactive ketones (excluding diaryl/α,β-unsaturated/α-hetero) is 2. The van der Waals surface area contributed by atoms with E-state index in [0.29, 0.717) is 0 Å². The second kappa shape index (κ2) is 1.61. The molecule has 60 valence electrons. The molecule has 0 aromatic carbocycles. The van der Waals surface area contributed by atoms with E-state index in [2.05, 4.69) is 13.6 Å². The molecule has 0 spiro atoms. The van der Waals surface area contributed by atoms with Crippen molar-refractivity contribution in [1.29, 1.82) is 0 Å². The van der Waals surface area contributed by atoms with Gasteiger partial charge in [0.15, 0.2) is 0 Å². The van der Waals surface area contributed by atoms with Crippen molar-refractivity contribution in [3.63, 3.8) is 0 Å². The van der Waals surface area contributed by atoms with E-state index in [4.69, 9.17) is 0 Å². The summed E-state index contributed by atoms with van der Waals surface area (Å²) < 4.78 is 23.6. The van der Waals surface area contributed by atoms with Gasteiger partial charge in [-0.2, -0.15) is 0 Å². The van der Waals surface area contributed by atoms with Gasteiger partial charge in [-0.1, -0.05) is 0 Å². The highest BCUT2D eigenvalue weighted by Crippen LogP contribution is 2.80. The van der Waals surface area contributed by atoms with E-state index in [-0.39, 0.29) is 0 Å². The van der Waals surface area contributed by atoms with Crippen LogP contribution in [0.1, 0.15) is 6.92 Å². The maximum Gasteiger partial charge on any atom is 0.489 e. The van der Waals surface area contributed by atoms with E-state index in [1.165, 1.54) is 0 Å². The van der Waals surface area contributed by atoms with E-state index >= 15 is 0 Å². The molecule has 3 heterocycles. The average Bonchev–Trinajstić information content (AvgIpc) is 1.77. The molecule has 7 heteroatoms. The molecule has 11 heavy (non-hydrogen) atoms. The zero-order valence-corrected chi connectivity index (χ0v) is 6.29. The Hall–Kier alpha value is -0.550. The molecule has 0 saturated carbocycles. The molecule has 3 saturated heterocycles. The van der Waals surface area contributed by atoms with Crippen LogP contribution in [0.3, 0.4) is 0 Å². The van der Waals surface area contributed by atoms with Crippen molar-refractivity contribution in [2.24, 2.45) is 0 Å². The topological polar surface area (TPSA) is 78.9 Å². The van der Waals surface area contributed by atoms with Gasteiger partial charge in [-0.05, 0) is 0 Å². The summed E-state index contributed by atoms with van der Waals surface area (Å²) in [5.41, 5.74) is 0. The van der Waals surface area contributed by atoms with Crippen molar-refractivity contribution in [3.05, 3.63) is 0 Å². The van der Waals surface area contributed by atoms with Crippen LogP contribution in [0.5, 0.6) is 0 Å². The third kappa shape index (κ3) is 0.696. The largest absolute Gasteiger partial charge is 0.489 e. The number of hydrogen-bond acceptors (Lipinski definition) is 6. The Morgan fingerprint density at radius 3 is 2.00 bits per heavy atom. The van der Waals surface area contributed by atoms with Gasteiger partial charge >= 0.3 is 13.8 Å². The number of hydrogen-bond donors (Lipinski definition) is 0. The zero-order chi connectivity index (χ0) is 8.28. The smallest absolute Gasteiger partial charge is 0.291 e. The average molecular weight is 178 g/mol. The van der Waals surface area contributed by atoms with Gasteiger partial charge in [0.25, 0.3) is 5.78 Å². The number of rotatable bonds is 2. The van der Waals surface area contributed by atoms with Gasteiger partial charge in [-0.3, -0.25) is 9.59 Å². The number of phosphoric acid groups is 1. The molecule has 0 aliphatic carbocycles. The van der Waals surface area contributed by atoms with Gasteiger partial charge in [0.2, 0.25) is 5.78 Å². The summed E-state index contributed by atoms with van der Waals surface area (Å²) in [6, 6.07) is 0. The lowest BCUT2D eigenvalue weighted by molar-refractivity contribution is -0.396. The molecular weight excluding hydrogens is 175 g/mol. The Bertz CT molecular complexity index is 279. The van der Waals surface area contributed by atoms with Crippen LogP contribution < -0.4 is 0 Å². The van der Waals surface area contributed by atoms with Gasteiger partial charge in [0, 0.05) is 6.92 Å². The van der Waals surface area contributed by atoms with Gasteiger partial charge < -0.3 is 0 Å². The fraction of sp³-hybridized carbons (Fsp3) is 0.500. The van der Waals surface area contributed by atoms with Crippen LogP contribution in [0, 0.1) is 0 Å². The van der Waals surface area contributed by atoms with Crippen LogP contribution in [0.4, 0.5) is 0 Å². The summed E-state index contributed by atoms with van der Waals surface area (Å²) >= 11 is 0. The molecule has 3 aliphatic rings. The standard InChI is InChI=1S/C4H3O6P/c1-2(5)3(6)4-8-11(7,9-4)10-4/h1H3. The van der Waals surface area contributed by atoms with Crippen molar-refractivity contribution in [2.45, 2.75) is 12.9 Å². The number of ketones is 2. The summed E-state index contributed by atoms with van der Waals surface area (Å²) in [4.78, 5) is 21.2. The van der Waals surface area contributed by atoms with Crippen molar-refractivity contribution < 1.29 is 27.7 Å². The fourth-order valence-electron chi connectivity index (χ4n) is 0.802.